The van der Waals surface area contributed by atoms with Gasteiger partial charge in [0.25, 0.3) is 0 Å². The summed E-state index contributed by atoms with van der Waals surface area (Å²) in [5, 5.41) is 10.2. The number of nitrogens with zero attached hydrogens (tertiary/aromatic N) is 1. The minimum absolute atomic E-state index is 0.240. The highest BCUT2D eigenvalue weighted by Crippen LogP contribution is 2.37. The standard InChI is InChI=1S/C16H27NOS/c1-5-16(6-2,19-4)11-17-12(3)10-13-14(17)8-7-9-15(13)18/h10,15,18H,5-9,11H2,1-4H3. The van der Waals surface area contributed by atoms with Crippen LogP contribution in [0.2, 0.25) is 0 Å². The smallest absolute Gasteiger partial charge is 0.0807 e. The third-order valence-electron chi connectivity index (χ3n) is 4.87. The first-order chi connectivity index (χ1) is 9.06. The molecule has 108 valence electrons. The second-order valence-corrected chi connectivity index (χ2v) is 7.05. The molecule has 0 saturated carbocycles. The molecule has 3 heteroatoms. The SMILES string of the molecule is CCC(CC)(Cn1c(C)cc2c1CCCC2O)SC. The summed E-state index contributed by atoms with van der Waals surface area (Å²) in [5.41, 5.74) is 3.88. The van der Waals surface area contributed by atoms with Crippen LogP contribution in [0.4, 0.5) is 0 Å². The van der Waals surface area contributed by atoms with Gasteiger partial charge >= 0.3 is 0 Å². The lowest BCUT2D eigenvalue weighted by Crippen LogP contribution is -2.30. The molecule has 1 unspecified atom stereocenters. The molecule has 1 heterocycles. The third kappa shape index (κ3) is 2.73. The number of fused-ring (bicyclic) bond motifs is 1. The Morgan fingerprint density at radius 3 is 2.68 bits per heavy atom. The molecule has 1 aromatic rings. The largest absolute Gasteiger partial charge is 0.388 e. The second kappa shape index (κ2) is 5.92. The number of hydrogen-bond acceptors (Lipinski definition) is 2. The maximum atomic E-state index is 10.2. The molecule has 0 amide bonds. The van der Waals surface area contributed by atoms with Crippen molar-refractivity contribution in [3.8, 4) is 0 Å². The quantitative estimate of drug-likeness (QED) is 0.879. The summed E-state index contributed by atoms with van der Waals surface area (Å²) in [6.07, 6.45) is 7.54. The van der Waals surface area contributed by atoms with Crippen LogP contribution < -0.4 is 0 Å². The van der Waals surface area contributed by atoms with Crippen molar-refractivity contribution < 1.29 is 5.11 Å². The fourth-order valence-corrected chi connectivity index (χ4v) is 4.11. The van der Waals surface area contributed by atoms with Crippen LogP contribution in [-0.4, -0.2) is 20.7 Å². The van der Waals surface area contributed by atoms with Crippen LogP contribution in [0.5, 0.6) is 0 Å². The van der Waals surface area contributed by atoms with E-state index in [1.54, 1.807) is 0 Å². The number of hydrogen-bond donors (Lipinski definition) is 1. The third-order valence-corrected chi connectivity index (χ3v) is 6.44. The van der Waals surface area contributed by atoms with Crippen LogP contribution in [0.1, 0.15) is 62.6 Å². The normalized spacial score (nSPS) is 19.5. The number of aryl methyl sites for hydroxylation is 1. The Hall–Kier alpha value is -0.410. The zero-order chi connectivity index (χ0) is 14.0. The summed E-state index contributed by atoms with van der Waals surface area (Å²) in [5.74, 6) is 0. The molecule has 0 aromatic carbocycles. The highest BCUT2D eigenvalue weighted by molar-refractivity contribution is 8.00. The van der Waals surface area contributed by atoms with E-state index >= 15 is 0 Å². The molecule has 0 spiro atoms. The topological polar surface area (TPSA) is 25.2 Å². The minimum Gasteiger partial charge on any atom is -0.388 e. The Kier molecular flexibility index (Phi) is 4.67. The highest BCUT2D eigenvalue weighted by atomic mass is 32.2. The number of aliphatic hydroxyl groups is 1. The average Bonchev–Trinajstić information content (AvgIpc) is 2.74. The van der Waals surface area contributed by atoms with E-state index in [1.807, 2.05) is 11.8 Å². The van der Waals surface area contributed by atoms with Gasteiger partial charge in [-0.1, -0.05) is 13.8 Å². The fourth-order valence-electron chi connectivity index (χ4n) is 3.28. The summed E-state index contributed by atoms with van der Waals surface area (Å²) in [4.78, 5) is 0. The van der Waals surface area contributed by atoms with Crippen molar-refractivity contribution in [3.63, 3.8) is 0 Å². The second-order valence-electron chi connectivity index (χ2n) is 5.78. The summed E-state index contributed by atoms with van der Waals surface area (Å²) >= 11 is 1.99. The molecule has 0 fully saturated rings. The lowest BCUT2D eigenvalue weighted by molar-refractivity contribution is 0.155. The predicted octanol–water partition coefficient (Wildman–Crippen LogP) is 4.09. The Labute approximate surface area is 121 Å². The lowest BCUT2D eigenvalue weighted by Gasteiger charge is -2.32. The molecule has 2 nitrogen and oxygen atoms in total. The van der Waals surface area contributed by atoms with E-state index in [2.05, 4.69) is 37.7 Å². The number of aromatic nitrogens is 1. The number of rotatable bonds is 5. The van der Waals surface area contributed by atoms with Gasteiger partial charge in [-0.15, -0.1) is 0 Å². The minimum atomic E-state index is -0.240. The van der Waals surface area contributed by atoms with Crippen molar-refractivity contribution in [2.45, 2.75) is 70.3 Å². The van der Waals surface area contributed by atoms with E-state index in [0.717, 1.165) is 25.8 Å². The molecular formula is C16H27NOS. The molecule has 1 aliphatic carbocycles. The number of aliphatic hydroxyl groups excluding tert-OH is 1. The Morgan fingerprint density at radius 1 is 1.42 bits per heavy atom. The van der Waals surface area contributed by atoms with Gasteiger partial charge in [-0.2, -0.15) is 11.8 Å². The van der Waals surface area contributed by atoms with Crippen LogP contribution in [0.25, 0.3) is 0 Å². The molecular weight excluding hydrogens is 254 g/mol. The van der Waals surface area contributed by atoms with Gasteiger partial charge in [0, 0.05) is 28.2 Å². The predicted molar refractivity (Wildman–Crippen MR) is 83.9 cm³/mol. The van der Waals surface area contributed by atoms with Gasteiger partial charge in [0.1, 0.15) is 0 Å². The van der Waals surface area contributed by atoms with Gasteiger partial charge in [0.15, 0.2) is 0 Å². The molecule has 2 rings (SSSR count). The first-order valence-corrected chi connectivity index (χ1v) is 8.71. The van der Waals surface area contributed by atoms with Crippen molar-refractivity contribution in [2.75, 3.05) is 6.26 Å². The van der Waals surface area contributed by atoms with E-state index in [4.69, 9.17) is 0 Å². The molecule has 0 aliphatic heterocycles. The van der Waals surface area contributed by atoms with Crippen LogP contribution >= 0.6 is 11.8 Å². The molecule has 1 N–H and O–H groups in total. The zero-order valence-electron chi connectivity index (χ0n) is 12.7. The van der Waals surface area contributed by atoms with Crippen LogP contribution in [0.3, 0.4) is 0 Å². The highest BCUT2D eigenvalue weighted by Gasteiger charge is 2.29. The Morgan fingerprint density at radius 2 is 2.11 bits per heavy atom. The first-order valence-electron chi connectivity index (χ1n) is 7.49. The van der Waals surface area contributed by atoms with Crippen LogP contribution in [0.15, 0.2) is 6.07 Å². The molecule has 1 aromatic heterocycles. The molecule has 1 atom stereocenters. The van der Waals surface area contributed by atoms with Gasteiger partial charge in [-0.3, -0.25) is 0 Å². The van der Waals surface area contributed by atoms with E-state index in [-0.39, 0.29) is 6.10 Å². The van der Waals surface area contributed by atoms with Crippen LogP contribution in [-0.2, 0) is 13.0 Å². The maximum Gasteiger partial charge on any atom is 0.0807 e. The van der Waals surface area contributed by atoms with Crippen molar-refractivity contribution in [1.82, 2.24) is 4.57 Å². The zero-order valence-corrected chi connectivity index (χ0v) is 13.5. The maximum absolute atomic E-state index is 10.2. The first kappa shape index (κ1) is 15.0. The number of thioether (sulfide) groups is 1. The fraction of sp³-hybridized carbons (Fsp3) is 0.750. The van der Waals surface area contributed by atoms with Crippen molar-refractivity contribution in [1.29, 1.82) is 0 Å². The monoisotopic (exact) mass is 281 g/mol. The molecule has 19 heavy (non-hydrogen) atoms. The summed E-state index contributed by atoms with van der Waals surface area (Å²) < 4.78 is 2.81. The van der Waals surface area contributed by atoms with Gasteiger partial charge < -0.3 is 9.67 Å². The summed E-state index contributed by atoms with van der Waals surface area (Å²) in [6.45, 7) is 7.84. The lowest BCUT2D eigenvalue weighted by atomic mass is 9.94. The van der Waals surface area contributed by atoms with Crippen molar-refractivity contribution >= 4 is 11.8 Å². The van der Waals surface area contributed by atoms with Crippen molar-refractivity contribution in [3.05, 3.63) is 23.0 Å². The van der Waals surface area contributed by atoms with E-state index in [9.17, 15) is 5.11 Å². The van der Waals surface area contributed by atoms with Crippen LogP contribution in [0, 0.1) is 6.92 Å². The Bertz CT molecular complexity index is 426. The average molecular weight is 281 g/mol. The van der Waals surface area contributed by atoms with Gasteiger partial charge in [-0.25, -0.2) is 0 Å². The molecule has 0 radical (unpaired) electrons. The molecule has 1 aliphatic rings. The van der Waals surface area contributed by atoms with E-state index in [1.165, 1.54) is 29.8 Å². The van der Waals surface area contributed by atoms with Gasteiger partial charge in [0.05, 0.1) is 6.10 Å². The summed E-state index contributed by atoms with van der Waals surface area (Å²) in [7, 11) is 0. The van der Waals surface area contributed by atoms with Crippen molar-refractivity contribution in [2.24, 2.45) is 0 Å². The molecule has 0 saturated heterocycles. The molecule has 0 bridgehead atoms. The summed E-state index contributed by atoms with van der Waals surface area (Å²) in [6, 6.07) is 2.20. The Balaban J connectivity index is 2.35. The van der Waals surface area contributed by atoms with Gasteiger partial charge in [-0.05, 0) is 51.3 Å². The van der Waals surface area contributed by atoms with E-state index in [0.29, 0.717) is 4.75 Å². The van der Waals surface area contributed by atoms with Gasteiger partial charge in [0.2, 0.25) is 0 Å². The van der Waals surface area contributed by atoms with E-state index < -0.39 is 0 Å².